The molecular formula is C13H24N2OS. The number of carbonyl (C=O) groups is 1. The van der Waals surface area contributed by atoms with E-state index in [2.05, 4.69) is 11.4 Å². The van der Waals surface area contributed by atoms with Gasteiger partial charge < -0.3 is 11.1 Å². The van der Waals surface area contributed by atoms with Crippen LogP contribution in [0, 0.1) is 0 Å². The van der Waals surface area contributed by atoms with E-state index in [-0.39, 0.29) is 22.1 Å². The molecule has 1 aliphatic rings. The largest absolute Gasteiger partial charge is 0.342 e. The summed E-state index contributed by atoms with van der Waals surface area (Å²) in [5.41, 5.74) is 6.05. The summed E-state index contributed by atoms with van der Waals surface area (Å²) in [6.45, 7) is 6.11. The van der Waals surface area contributed by atoms with Gasteiger partial charge in [0.25, 0.3) is 5.24 Å². The lowest BCUT2D eigenvalue weighted by Gasteiger charge is -2.26. The third-order valence-electron chi connectivity index (χ3n) is 2.66. The quantitative estimate of drug-likeness (QED) is 0.709. The maximum Gasteiger partial charge on any atom is 0.279 e. The lowest BCUT2D eigenvalue weighted by Crippen LogP contribution is -2.46. The Morgan fingerprint density at radius 3 is 2.76 bits per heavy atom. The highest BCUT2D eigenvalue weighted by Crippen LogP contribution is 2.24. The smallest absolute Gasteiger partial charge is 0.279 e. The monoisotopic (exact) mass is 256 g/mol. The number of carbonyl (C=O) groups excluding carboxylic acids is 1. The van der Waals surface area contributed by atoms with Gasteiger partial charge in [0.2, 0.25) is 0 Å². The van der Waals surface area contributed by atoms with Gasteiger partial charge in [0.15, 0.2) is 0 Å². The molecule has 98 valence electrons. The van der Waals surface area contributed by atoms with E-state index in [9.17, 15) is 4.79 Å². The molecule has 2 atom stereocenters. The molecule has 4 heteroatoms. The van der Waals surface area contributed by atoms with E-state index < -0.39 is 0 Å². The molecule has 1 amide bonds. The number of allylic oxidation sites excluding steroid dienone is 1. The first kappa shape index (κ1) is 14.6. The zero-order valence-corrected chi connectivity index (χ0v) is 11.8. The second-order valence-electron chi connectivity index (χ2n) is 5.54. The van der Waals surface area contributed by atoms with Crippen LogP contribution in [-0.4, -0.2) is 22.1 Å². The van der Waals surface area contributed by atoms with E-state index in [0.717, 1.165) is 19.3 Å². The zero-order chi connectivity index (χ0) is 12.9. The summed E-state index contributed by atoms with van der Waals surface area (Å²) in [5, 5.41) is 3.07. The van der Waals surface area contributed by atoms with Crippen LogP contribution in [0.15, 0.2) is 12.2 Å². The average molecular weight is 256 g/mol. The number of hydrogen-bond donors (Lipinski definition) is 2. The Balaban J connectivity index is 2.50. The summed E-state index contributed by atoms with van der Waals surface area (Å²) in [7, 11) is 0. The number of nitrogens with two attached hydrogens (primary N) is 1. The Morgan fingerprint density at radius 1 is 1.41 bits per heavy atom. The molecular weight excluding hydrogens is 232 g/mol. The molecule has 0 bridgehead atoms. The molecule has 3 nitrogen and oxygen atoms in total. The molecule has 0 saturated heterocycles. The molecule has 0 spiro atoms. The van der Waals surface area contributed by atoms with Crippen LogP contribution < -0.4 is 11.1 Å². The molecule has 0 aromatic rings. The summed E-state index contributed by atoms with van der Waals surface area (Å²) in [6, 6.07) is 0.0220. The van der Waals surface area contributed by atoms with Gasteiger partial charge in [-0.2, -0.15) is 0 Å². The third-order valence-corrected chi connectivity index (χ3v) is 3.58. The fourth-order valence-electron chi connectivity index (χ4n) is 1.83. The highest BCUT2D eigenvalue weighted by molar-refractivity contribution is 8.14. The Morgan fingerprint density at radius 2 is 2.12 bits per heavy atom. The summed E-state index contributed by atoms with van der Waals surface area (Å²) in [5.74, 6) is 0. The Labute approximate surface area is 109 Å². The Hall–Kier alpha value is -0.480. The van der Waals surface area contributed by atoms with Crippen molar-refractivity contribution in [2.75, 3.05) is 0 Å². The Bertz CT molecular complexity index is 284. The SMILES string of the molecule is CC(C)(C)SC(=O)N[C@@H]1CCCC/C=C/[C@H]1N. The first-order valence-electron chi connectivity index (χ1n) is 6.30. The molecule has 0 saturated carbocycles. The standard InChI is InChI=1S/C13H24N2OS/c1-13(2,3)17-12(16)15-11-9-7-5-4-6-8-10(11)14/h6,8,10-11H,4-5,7,9,14H2,1-3H3,(H,15,16)/b8-6+/t10-,11-/m1/s1. The van der Waals surface area contributed by atoms with Crippen LogP contribution in [0.5, 0.6) is 0 Å². The number of hydrogen-bond acceptors (Lipinski definition) is 3. The molecule has 0 heterocycles. The van der Waals surface area contributed by atoms with Crippen molar-refractivity contribution in [2.45, 2.75) is 63.3 Å². The van der Waals surface area contributed by atoms with E-state index in [1.165, 1.54) is 18.2 Å². The second kappa shape index (κ2) is 6.45. The van der Waals surface area contributed by atoms with E-state index in [1.54, 1.807) is 0 Å². The highest BCUT2D eigenvalue weighted by Gasteiger charge is 2.22. The number of rotatable bonds is 1. The lowest BCUT2D eigenvalue weighted by atomic mass is 9.98. The first-order valence-corrected chi connectivity index (χ1v) is 7.12. The van der Waals surface area contributed by atoms with E-state index in [4.69, 9.17) is 5.73 Å². The summed E-state index contributed by atoms with van der Waals surface area (Å²) in [6.07, 6.45) is 8.53. The van der Waals surface area contributed by atoms with Crippen LogP contribution in [0.3, 0.4) is 0 Å². The molecule has 3 N–H and O–H groups in total. The molecule has 0 unspecified atom stereocenters. The van der Waals surface area contributed by atoms with Gasteiger partial charge in [0, 0.05) is 16.8 Å². The van der Waals surface area contributed by atoms with E-state index in [1.807, 2.05) is 26.8 Å². The van der Waals surface area contributed by atoms with Crippen molar-refractivity contribution in [3.8, 4) is 0 Å². The van der Waals surface area contributed by atoms with Crippen molar-refractivity contribution in [3.05, 3.63) is 12.2 Å². The van der Waals surface area contributed by atoms with Gasteiger partial charge in [0.1, 0.15) is 0 Å². The maximum absolute atomic E-state index is 11.8. The average Bonchev–Trinajstić information content (AvgIpc) is 2.15. The van der Waals surface area contributed by atoms with Gasteiger partial charge in [-0.3, -0.25) is 4.79 Å². The molecule has 1 rings (SSSR count). The Kier molecular flexibility index (Phi) is 5.53. The van der Waals surface area contributed by atoms with E-state index >= 15 is 0 Å². The fraction of sp³-hybridized carbons (Fsp3) is 0.769. The number of amides is 1. The van der Waals surface area contributed by atoms with Crippen molar-refractivity contribution >= 4 is 17.0 Å². The number of thioether (sulfide) groups is 1. The third kappa shape index (κ3) is 6.13. The van der Waals surface area contributed by atoms with Crippen molar-refractivity contribution in [1.29, 1.82) is 0 Å². The van der Waals surface area contributed by atoms with Gasteiger partial charge in [-0.1, -0.05) is 51.1 Å². The molecule has 0 aromatic carbocycles. The van der Waals surface area contributed by atoms with Gasteiger partial charge in [-0.25, -0.2) is 0 Å². The van der Waals surface area contributed by atoms with Crippen molar-refractivity contribution in [1.82, 2.24) is 5.32 Å². The maximum atomic E-state index is 11.8. The van der Waals surface area contributed by atoms with E-state index in [0.29, 0.717) is 0 Å². The predicted octanol–water partition coefficient (Wildman–Crippen LogP) is 3.05. The number of nitrogens with one attached hydrogen (secondary N) is 1. The summed E-state index contributed by atoms with van der Waals surface area (Å²) < 4.78 is -0.0500. The van der Waals surface area contributed by atoms with Crippen LogP contribution in [0.1, 0.15) is 46.5 Å². The minimum Gasteiger partial charge on any atom is -0.342 e. The highest BCUT2D eigenvalue weighted by atomic mass is 32.2. The van der Waals surface area contributed by atoms with Crippen LogP contribution in [0.4, 0.5) is 4.79 Å². The van der Waals surface area contributed by atoms with Crippen LogP contribution in [-0.2, 0) is 0 Å². The molecule has 17 heavy (non-hydrogen) atoms. The van der Waals surface area contributed by atoms with Crippen LogP contribution in [0.25, 0.3) is 0 Å². The minimum atomic E-state index is -0.0557. The first-order chi connectivity index (χ1) is 7.88. The van der Waals surface area contributed by atoms with Gasteiger partial charge >= 0.3 is 0 Å². The van der Waals surface area contributed by atoms with Gasteiger partial charge in [0.05, 0.1) is 0 Å². The van der Waals surface area contributed by atoms with Crippen LogP contribution in [0.2, 0.25) is 0 Å². The predicted molar refractivity (Wildman–Crippen MR) is 75.2 cm³/mol. The zero-order valence-electron chi connectivity index (χ0n) is 11.0. The lowest BCUT2D eigenvalue weighted by molar-refractivity contribution is 0.254. The summed E-state index contributed by atoms with van der Waals surface area (Å²) in [4.78, 5) is 11.8. The topological polar surface area (TPSA) is 55.1 Å². The van der Waals surface area contributed by atoms with Gasteiger partial charge in [-0.15, -0.1) is 0 Å². The van der Waals surface area contributed by atoms with Gasteiger partial charge in [-0.05, 0) is 19.3 Å². The molecule has 1 aliphatic carbocycles. The van der Waals surface area contributed by atoms with Crippen LogP contribution >= 0.6 is 11.8 Å². The fourth-order valence-corrected chi connectivity index (χ4v) is 2.60. The van der Waals surface area contributed by atoms with Crippen molar-refractivity contribution in [2.24, 2.45) is 5.73 Å². The van der Waals surface area contributed by atoms with Crippen molar-refractivity contribution in [3.63, 3.8) is 0 Å². The summed E-state index contributed by atoms with van der Waals surface area (Å²) >= 11 is 1.33. The molecule has 0 fully saturated rings. The van der Waals surface area contributed by atoms with Crippen molar-refractivity contribution < 1.29 is 4.79 Å². The minimum absolute atomic E-state index is 0.0342. The second-order valence-corrected chi connectivity index (χ2v) is 7.34. The molecule has 0 aliphatic heterocycles. The molecule has 0 radical (unpaired) electrons. The molecule has 0 aromatic heterocycles. The normalized spacial score (nSPS) is 28.0.